The topological polar surface area (TPSA) is 131 Å². The van der Waals surface area contributed by atoms with Gasteiger partial charge in [0, 0.05) is 13.0 Å². The van der Waals surface area contributed by atoms with Crippen molar-refractivity contribution in [1.82, 2.24) is 9.80 Å². The Bertz CT molecular complexity index is 1330. The van der Waals surface area contributed by atoms with Gasteiger partial charge in [0.25, 0.3) is 11.8 Å². The summed E-state index contributed by atoms with van der Waals surface area (Å²) in [7, 11) is 3.73. The summed E-state index contributed by atoms with van der Waals surface area (Å²) in [6.07, 6.45) is 0.565. The number of nitrogens with zero attached hydrogens (tertiary/aromatic N) is 2. The van der Waals surface area contributed by atoms with Crippen LogP contribution in [0.15, 0.2) is 23.8 Å². The van der Waals surface area contributed by atoms with E-state index in [4.69, 9.17) is 27.9 Å². The van der Waals surface area contributed by atoms with Crippen LogP contribution < -0.4 is 4.74 Å². The molecule has 0 spiro atoms. The minimum Gasteiger partial charge on any atom is -0.504 e. The molecule has 6 atom stereocenters. The number of phenolic OH excluding ortho intramolecular Hbond substituents is 1. The van der Waals surface area contributed by atoms with Crippen LogP contribution in [0.3, 0.4) is 0 Å². The molecule has 2 heterocycles. The van der Waals surface area contributed by atoms with Crippen LogP contribution in [0.5, 0.6) is 11.5 Å². The zero-order chi connectivity index (χ0) is 27.2. The number of benzene rings is 1. The van der Waals surface area contributed by atoms with Gasteiger partial charge in [-0.3, -0.25) is 24.1 Å². The number of amides is 5. The van der Waals surface area contributed by atoms with Gasteiger partial charge in [0.15, 0.2) is 21.2 Å². The predicted octanol–water partition coefficient (Wildman–Crippen LogP) is 2.76. The number of ether oxygens (including phenoxy) is 2. The fraction of sp³-hybridized carbons (Fsp3) is 0.458. The van der Waals surface area contributed by atoms with Crippen molar-refractivity contribution in [2.75, 3.05) is 21.3 Å². The number of carbonyl (C=O) groups excluding carboxylic acids is 5. The van der Waals surface area contributed by atoms with Gasteiger partial charge in [0.2, 0.25) is 11.8 Å². The van der Waals surface area contributed by atoms with E-state index < -0.39 is 63.1 Å². The Morgan fingerprint density at radius 1 is 1.11 bits per heavy atom. The molecule has 2 saturated heterocycles. The third-order valence-electron chi connectivity index (χ3n) is 7.98. The number of halogens is 3. The number of hydrogen-bond acceptors (Lipinski definition) is 8. The second-order valence-electron chi connectivity index (χ2n) is 9.53. The van der Waals surface area contributed by atoms with E-state index in [2.05, 4.69) is 4.74 Å². The average Bonchev–Trinajstić information content (AvgIpc) is 3.20. The molecule has 2 aliphatic carbocycles. The second kappa shape index (κ2) is 8.57. The molecule has 4 aliphatic rings. The fourth-order valence-corrected chi connectivity index (χ4v) is 7.95. The van der Waals surface area contributed by atoms with E-state index in [1.165, 1.54) is 20.2 Å². The number of imide groups is 4. The van der Waals surface area contributed by atoms with Gasteiger partial charge in [0.05, 0.1) is 29.6 Å². The minimum absolute atomic E-state index is 0.109. The molecular weight excluding hydrogens is 642 g/mol. The van der Waals surface area contributed by atoms with E-state index >= 15 is 0 Å². The van der Waals surface area contributed by atoms with Crippen LogP contribution in [-0.4, -0.2) is 75.6 Å². The summed E-state index contributed by atoms with van der Waals surface area (Å²) in [6.45, 7) is 0. The molecule has 5 amide bonds. The molecule has 0 bridgehead atoms. The van der Waals surface area contributed by atoms with Gasteiger partial charge in [-0.15, -0.1) is 23.2 Å². The lowest BCUT2D eigenvalue weighted by molar-refractivity contribution is -0.139. The standard InChI is InChI=1S/C24H21Cl2IN2O8/c1-28-20(33)23(25)8-12-10(4-5-11-15(12)19(32)29(18(11)31)22(35)37-3)16(24(23,26)21(28)34)9-6-13(27)17(30)14(7-9)36-2/h4,6-7,11-12,15-16,30H,5,8H2,1-3H3. The quantitative estimate of drug-likeness (QED) is 0.222. The summed E-state index contributed by atoms with van der Waals surface area (Å²) < 4.78 is 10.4. The lowest BCUT2D eigenvalue weighted by Crippen LogP contribution is -2.60. The number of aromatic hydroxyl groups is 1. The Labute approximate surface area is 235 Å². The molecule has 6 unspecified atom stereocenters. The first-order valence-electron chi connectivity index (χ1n) is 11.3. The smallest absolute Gasteiger partial charge is 0.423 e. The van der Waals surface area contributed by atoms with Crippen molar-refractivity contribution < 1.29 is 38.6 Å². The van der Waals surface area contributed by atoms with Gasteiger partial charge in [-0.2, -0.15) is 4.90 Å². The predicted molar refractivity (Wildman–Crippen MR) is 137 cm³/mol. The Hall–Kier alpha value is -2.38. The summed E-state index contributed by atoms with van der Waals surface area (Å²) in [5.74, 6) is -6.50. The number of alkyl halides is 2. The maximum absolute atomic E-state index is 13.6. The van der Waals surface area contributed by atoms with Crippen molar-refractivity contribution in [2.45, 2.75) is 28.5 Å². The van der Waals surface area contributed by atoms with Crippen LogP contribution in [0, 0.1) is 21.3 Å². The van der Waals surface area contributed by atoms with Crippen LogP contribution in [0.1, 0.15) is 24.3 Å². The van der Waals surface area contributed by atoms with Crippen LogP contribution in [0.4, 0.5) is 4.79 Å². The number of phenols is 1. The molecule has 5 rings (SSSR count). The Kier molecular flexibility index (Phi) is 6.07. The first-order chi connectivity index (χ1) is 17.3. The summed E-state index contributed by atoms with van der Waals surface area (Å²) in [6, 6.07) is 3.12. The second-order valence-corrected chi connectivity index (χ2v) is 11.9. The first-order valence-corrected chi connectivity index (χ1v) is 13.1. The SMILES string of the molecule is COC(=O)N1C(=O)C2CC=C3C(CC4(Cl)C(=O)N(C)C(=O)C4(Cl)C3c3cc(I)c(O)c(OC)c3)C2C1=O. The van der Waals surface area contributed by atoms with E-state index in [1.807, 2.05) is 22.6 Å². The Morgan fingerprint density at radius 3 is 2.41 bits per heavy atom. The lowest BCUT2D eigenvalue weighted by atomic mass is 9.56. The number of hydrogen-bond donors (Lipinski definition) is 1. The molecule has 196 valence electrons. The zero-order valence-electron chi connectivity index (χ0n) is 19.8. The van der Waals surface area contributed by atoms with Gasteiger partial charge in [-0.1, -0.05) is 11.6 Å². The number of allylic oxidation sites excluding steroid dienone is 2. The largest absolute Gasteiger partial charge is 0.504 e. The summed E-state index contributed by atoms with van der Waals surface area (Å²) in [5, 5.41) is 10.4. The summed E-state index contributed by atoms with van der Waals surface area (Å²) >= 11 is 16.1. The Balaban J connectivity index is 1.74. The number of fused-ring (bicyclic) bond motifs is 4. The highest BCUT2D eigenvalue weighted by atomic mass is 127. The van der Waals surface area contributed by atoms with Crippen molar-refractivity contribution >= 4 is 75.5 Å². The van der Waals surface area contributed by atoms with E-state index in [0.29, 0.717) is 19.6 Å². The van der Waals surface area contributed by atoms with Crippen molar-refractivity contribution in [3.8, 4) is 11.5 Å². The first kappa shape index (κ1) is 26.2. The molecular formula is C24H21Cl2IN2O8. The lowest BCUT2D eigenvalue weighted by Gasteiger charge is -2.50. The molecule has 1 aromatic rings. The third kappa shape index (κ3) is 3.19. The maximum Gasteiger partial charge on any atom is 0.423 e. The summed E-state index contributed by atoms with van der Waals surface area (Å²) in [4.78, 5) is 63.1. The Morgan fingerprint density at radius 2 is 1.78 bits per heavy atom. The van der Waals surface area contributed by atoms with Crippen molar-refractivity contribution in [3.63, 3.8) is 0 Å². The van der Waals surface area contributed by atoms with Gasteiger partial charge in [0.1, 0.15) is 0 Å². The molecule has 3 fully saturated rings. The fourth-order valence-electron chi connectivity index (χ4n) is 6.31. The third-order valence-corrected chi connectivity index (χ3v) is 10.2. The van der Waals surface area contributed by atoms with Crippen molar-refractivity contribution in [1.29, 1.82) is 0 Å². The van der Waals surface area contributed by atoms with Crippen LogP contribution in [0.25, 0.3) is 0 Å². The average molecular weight is 663 g/mol. The molecule has 13 heteroatoms. The number of carbonyl (C=O) groups is 5. The zero-order valence-corrected chi connectivity index (χ0v) is 23.5. The van der Waals surface area contributed by atoms with Gasteiger partial charge >= 0.3 is 6.09 Å². The minimum atomic E-state index is -1.96. The molecule has 1 aromatic carbocycles. The van der Waals surface area contributed by atoms with Gasteiger partial charge in [-0.25, -0.2) is 4.79 Å². The molecule has 37 heavy (non-hydrogen) atoms. The number of likely N-dealkylation sites (tertiary alicyclic amines) is 2. The van der Waals surface area contributed by atoms with Crippen LogP contribution in [0.2, 0.25) is 0 Å². The molecule has 0 radical (unpaired) electrons. The highest BCUT2D eigenvalue weighted by Gasteiger charge is 2.76. The van der Waals surface area contributed by atoms with Crippen LogP contribution in [-0.2, 0) is 23.9 Å². The number of methoxy groups -OCH3 is 2. The van der Waals surface area contributed by atoms with Gasteiger partial charge < -0.3 is 14.6 Å². The molecule has 10 nitrogen and oxygen atoms in total. The maximum atomic E-state index is 13.6. The molecule has 2 aliphatic heterocycles. The number of rotatable bonds is 2. The molecule has 1 saturated carbocycles. The van der Waals surface area contributed by atoms with E-state index in [9.17, 15) is 29.1 Å². The monoisotopic (exact) mass is 662 g/mol. The molecule has 0 aromatic heterocycles. The summed E-state index contributed by atoms with van der Waals surface area (Å²) in [5.41, 5.74) is 0.993. The van der Waals surface area contributed by atoms with Crippen molar-refractivity contribution in [2.24, 2.45) is 17.8 Å². The van der Waals surface area contributed by atoms with Crippen molar-refractivity contribution in [3.05, 3.63) is 32.9 Å². The normalized spacial score (nSPS) is 34.7. The van der Waals surface area contributed by atoms with Crippen LogP contribution >= 0.6 is 45.8 Å². The van der Waals surface area contributed by atoms with E-state index in [0.717, 1.165) is 12.0 Å². The highest BCUT2D eigenvalue weighted by Crippen LogP contribution is 2.65. The molecule has 1 N–H and O–H groups in total. The van der Waals surface area contributed by atoms with Gasteiger partial charge in [-0.05, 0) is 59.0 Å². The van der Waals surface area contributed by atoms with E-state index in [1.54, 1.807) is 12.1 Å². The van der Waals surface area contributed by atoms with E-state index in [-0.39, 0.29) is 24.3 Å². The highest BCUT2D eigenvalue weighted by molar-refractivity contribution is 14.1.